The highest BCUT2D eigenvalue weighted by Crippen LogP contribution is 2.33. The summed E-state index contributed by atoms with van der Waals surface area (Å²) in [6.07, 6.45) is 1.31. The van der Waals surface area contributed by atoms with Crippen LogP contribution >= 0.6 is 0 Å². The van der Waals surface area contributed by atoms with Gasteiger partial charge in [0.1, 0.15) is 18.0 Å². The Bertz CT molecular complexity index is 620. The fourth-order valence-corrected chi connectivity index (χ4v) is 2.77. The van der Waals surface area contributed by atoms with Crippen molar-refractivity contribution >= 4 is 0 Å². The summed E-state index contributed by atoms with van der Waals surface area (Å²) in [5.41, 5.74) is 1.94. The van der Waals surface area contributed by atoms with Gasteiger partial charge in [0, 0.05) is 0 Å². The van der Waals surface area contributed by atoms with Crippen LogP contribution in [-0.2, 0) is 12.0 Å². The maximum absolute atomic E-state index is 10.5. The van der Waals surface area contributed by atoms with E-state index in [1.807, 2.05) is 48.5 Å². The van der Waals surface area contributed by atoms with Gasteiger partial charge < -0.3 is 14.9 Å². The van der Waals surface area contributed by atoms with E-state index in [0.717, 1.165) is 35.3 Å². The molecule has 1 aliphatic rings. The van der Waals surface area contributed by atoms with Crippen LogP contribution in [0.4, 0.5) is 0 Å². The van der Waals surface area contributed by atoms with Gasteiger partial charge in [-0.1, -0.05) is 36.4 Å². The minimum absolute atomic E-state index is 0.193. The van der Waals surface area contributed by atoms with Gasteiger partial charge in [0.05, 0.1) is 6.10 Å². The fraction of sp³-hybridized carbons (Fsp3) is 0.333. The maximum Gasteiger partial charge on any atom is 0.121 e. The lowest BCUT2D eigenvalue weighted by molar-refractivity contribution is 0.00757. The van der Waals surface area contributed by atoms with Crippen molar-refractivity contribution in [1.82, 2.24) is 0 Å². The number of hydrogen-bond donors (Lipinski definition) is 2. The van der Waals surface area contributed by atoms with E-state index in [4.69, 9.17) is 4.74 Å². The monoisotopic (exact) mass is 284 g/mol. The number of ether oxygens (including phenoxy) is 1. The molecule has 0 amide bonds. The molecule has 1 aliphatic carbocycles. The van der Waals surface area contributed by atoms with Crippen molar-refractivity contribution in [3.8, 4) is 5.75 Å². The van der Waals surface area contributed by atoms with Gasteiger partial charge in [-0.3, -0.25) is 0 Å². The summed E-state index contributed by atoms with van der Waals surface area (Å²) >= 11 is 0. The number of rotatable bonds is 4. The van der Waals surface area contributed by atoms with Crippen LogP contribution in [0.5, 0.6) is 5.75 Å². The third-order valence-corrected chi connectivity index (χ3v) is 4.08. The zero-order valence-electron chi connectivity index (χ0n) is 12.1. The lowest BCUT2D eigenvalue weighted by Gasteiger charge is -2.24. The summed E-state index contributed by atoms with van der Waals surface area (Å²) in [4.78, 5) is 0. The van der Waals surface area contributed by atoms with E-state index in [1.165, 1.54) is 0 Å². The number of aryl methyl sites for hydroxylation is 1. The highest BCUT2D eigenvalue weighted by molar-refractivity contribution is 5.40. The number of fused-ring (bicyclic) bond motifs is 1. The van der Waals surface area contributed by atoms with E-state index in [2.05, 4.69) is 0 Å². The molecule has 2 aromatic rings. The first-order valence-electron chi connectivity index (χ1n) is 7.28. The lowest BCUT2D eigenvalue weighted by atomic mass is 9.97. The Hall–Kier alpha value is -1.84. The fourth-order valence-electron chi connectivity index (χ4n) is 2.77. The van der Waals surface area contributed by atoms with Crippen molar-refractivity contribution in [3.05, 3.63) is 65.2 Å². The predicted octanol–water partition coefficient (Wildman–Crippen LogP) is 2.95. The summed E-state index contributed by atoms with van der Waals surface area (Å²) in [5.74, 6) is 0.735. The van der Waals surface area contributed by atoms with E-state index in [1.54, 1.807) is 6.92 Å². The molecule has 3 nitrogen and oxygen atoms in total. The molecule has 0 spiro atoms. The molecule has 3 rings (SSSR count). The van der Waals surface area contributed by atoms with Crippen LogP contribution in [0.3, 0.4) is 0 Å². The summed E-state index contributed by atoms with van der Waals surface area (Å²) in [5, 5.41) is 20.3. The van der Waals surface area contributed by atoms with Gasteiger partial charge in [-0.25, -0.2) is 0 Å². The Morgan fingerprint density at radius 2 is 1.95 bits per heavy atom. The average molecular weight is 284 g/mol. The van der Waals surface area contributed by atoms with Gasteiger partial charge in [-0.15, -0.1) is 0 Å². The third-order valence-electron chi connectivity index (χ3n) is 4.08. The quantitative estimate of drug-likeness (QED) is 0.907. The Labute approximate surface area is 124 Å². The molecule has 0 aromatic heterocycles. The van der Waals surface area contributed by atoms with Crippen LogP contribution in [0.2, 0.25) is 0 Å². The molecule has 2 aromatic carbocycles. The summed E-state index contributed by atoms with van der Waals surface area (Å²) in [6, 6.07) is 15.2. The summed E-state index contributed by atoms with van der Waals surface area (Å²) < 4.78 is 5.75. The first-order chi connectivity index (χ1) is 10.1. The molecule has 3 heteroatoms. The standard InChI is InChI=1S/C18H20O3/c1-18(20,14-5-3-2-4-6-14)12-21-15-8-9-16-13(11-15)7-10-17(16)19/h2-6,8-9,11,17,19-20H,7,10,12H2,1H3/t17-,18?/m0/s1. The van der Waals surface area contributed by atoms with Gasteiger partial charge >= 0.3 is 0 Å². The smallest absolute Gasteiger partial charge is 0.121 e. The van der Waals surface area contributed by atoms with Gasteiger partial charge in [-0.2, -0.15) is 0 Å². The van der Waals surface area contributed by atoms with Crippen LogP contribution in [-0.4, -0.2) is 16.8 Å². The molecule has 1 unspecified atom stereocenters. The van der Waals surface area contributed by atoms with Gasteiger partial charge in [0.2, 0.25) is 0 Å². The first-order valence-corrected chi connectivity index (χ1v) is 7.28. The van der Waals surface area contributed by atoms with Crippen molar-refractivity contribution in [1.29, 1.82) is 0 Å². The zero-order valence-corrected chi connectivity index (χ0v) is 12.1. The van der Waals surface area contributed by atoms with Crippen molar-refractivity contribution in [2.45, 2.75) is 31.5 Å². The van der Waals surface area contributed by atoms with Crippen molar-refractivity contribution < 1.29 is 14.9 Å². The minimum Gasteiger partial charge on any atom is -0.490 e. The van der Waals surface area contributed by atoms with Crippen LogP contribution in [0.25, 0.3) is 0 Å². The van der Waals surface area contributed by atoms with E-state index in [-0.39, 0.29) is 12.7 Å². The Morgan fingerprint density at radius 1 is 1.19 bits per heavy atom. The van der Waals surface area contributed by atoms with Crippen LogP contribution in [0.1, 0.15) is 36.1 Å². The number of hydrogen-bond acceptors (Lipinski definition) is 3. The normalized spacial score (nSPS) is 19.9. The molecular weight excluding hydrogens is 264 g/mol. The Kier molecular flexibility index (Phi) is 3.70. The molecule has 0 saturated carbocycles. The molecule has 0 bridgehead atoms. The Morgan fingerprint density at radius 3 is 2.71 bits per heavy atom. The molecule has 2 atom stereocenters. The lowest BCUT2D eigenvalue weighted by Crippen LogP contribution is -2.29. The van der Waals surface area contributed by atoms with Gasteiger partial charge in [0.15, 0.2) is 0 Å². The second-order valence-electron chi connectivity index (χ2n) is 5.84. The number of benzene rings is 2. The van der Waals surface area contributed by atoms with E-state index in [0.29, 0.717) is 0 Å². The Balaban J connectivity index is 1.71. The van der Waals surface area contributed by atoms with Crippen molar-refractivity contribution in [3.63, 3.8) is 0 Å². The molecule has 0 fully saturated rings. The molecule has 0 aliphatic heterocycles. The summed E-state index contributed by atoms with van der Waals surface area (Å²) in [6.45, 7) is 1.94. The third kappa shape index (κ3) is 2.94. The second kappa shape index (κ2) is 5.51. The predicted molar refractivity (Wildman–Crippen MR) is 81.2 cm³/mol. The highest BCUT2D eigenvalue weighted by Gasteiger charge is 2.25. The largest absolute Gasteiger partial charge is 0.490 e. The molecule has 2 N–H and O–H groups in total. The van der Waals surface area contributed by atoms with E-state index >= 15 is 0 Å². The summed E-state index contributed by atoms with van der Waals surface area (Å²) in [7, 11) is 0. The van der Waals surface area contributed by atoms with Crippen LogP contribution in [0, 0.1) is 0 Å². The second-order valence-corrected chi connectivity index (χ2v) is 5.84. The highest BCUT2D eigenvalue weighted by atomic mass is 16.5. The first kappa shape index (κ1) is 14.1. The SMILES string of the molecule is CC(O)(COc1ccc2c(c1)CC[C@@H]2O)c1ccccc1. The number of aliphatic hydroxyl groups excluding tert-OH is 1. The molecule has 0 saturated heterocycles. The van der Waals surface area contributed by atoms with Crippen LogP contribution < -0.4 is 4.74 Å². The average Bonchev–Trinajstić information content (AvgIpc) is 2.87. The van der Waals surface area contributed by atoms with E-state index < -0.39 is 5.60 Å². The van der Waals surface area contributed by atoms with Crippen molar-refractivity contribution in [2.24, 2.45) is 0 Å². The van der Waals surface area contributed by atoms with Gasteiger partial charge in [-0.05, 0) is 48.6 Å². The van der Waals surface area contributed by atoms with E-state index in [9.17, 15) is 10.2 Å². The molecule has 0 radical (unpaired) electrons. The molecular formula is C18H20O3. The van der Waals surface area contributed by atoms with Crippen LogP contribution in [0.15, 0.2) is 48.5 Å². The molecule has 110 valence electrons. The van der Waals surface area contributed by atoms with Gasteiger partial charge in [0.25, 0.3) is 0 Å². The zero-order chi connectivity index (χ0) is 14.9. The molecule has 21 heavy (non-hydrogen) atoms. The maximum atomic E-state index is 10.5. The molecule has 0 heterocycles. The minimum atomic E-state index is -1.03. The topological polar surface area (TPSA) is 49.7 Å². The van der Waals surface area contributed by atoms with Crippen molar-refractivity contribution in [2.75, 3.05) is 6.61 Å². The number of aliphatic hydroxyl groups is 2.